The topological polar surface area (TPSA) is 105 Å². The monoisotopic (exact) mass is 443 g/mol. The average molecular weight is 444 g/mol. The second kappa shape index (κ2) is 8.15. The van der Waals surface area contributed by atoms with E-state index in [1.54, 1.807) is 25.1 Å². The van der Waals surface area contributed by atoms with Crippen molar-refractivity contribution in [2.24, 2.45) is 5.92 Å². The highest BCUT2D eigenvalue weighted by Crippen LogP contribution is 2.36. The number of anilines is 1. The maximum atomic E-state index is 13.6. The summed E-state index contributed by atoms with van der Waals surface area (Å²) in [5, 5.41) is 7.64. The number of nitrogens with one attached hydrogen (secondary N) is 2. The molecule has 166 valence electrons. The van der Waals surface area contributed by atoms with Crippen LogP contribution in [0.2, 0.25) is 0 Å². The van der Waals surface area contributed by atoms with Gasteiger partial charge in [0.05, 0.1) is 21.9 Å². The molecule has 1 fully saturated rings. The fraction of sp³-hybridized carbons (Fsp3) is 0.478. The zero-order valence-electron chi connectivity index (χ0n) is 18.4. The van der Waals surface area contributed by atoms with E-state index in [2.05, 4.69) is 15.5 Å². The van der Waals surface area contributed by atoms with Crippen molar-refractivity contribution in [3.8, 4) is 11.1 Å². The summed E-state index contributed by atoms with van der Waals surface area (Å²) in [7, 11) is -3.57. The van der Waals surface area contributed by atoms with Crippen LogP contribution in [-0.4, -0.2) is 30.4 Å². The molecule has 2 N–H and O–H groups in total. The standard InChI is InChI=1S/C23H29N3O4S/c1-13(2)24-20-11-18-19(25-23(20)27)9-17(22-14(3)26-30-15(22)4)10-21(18)31(28,29)12-16-7-5-6-8-16/h9-11,13,16,24H,5-8,12H2,1-4H3,(H,25,27). The van der Waals surface area contributed by atoms with Gasteiger partial charge in [0.15, 0.2) is 9.84 Å². The number of aromatic nitrogens is 2. The number of benzene rings is 1. The molecule has 8 heteroatoms. The number of aryl methyl sites for hydroxylation is 2. The Balaban J connectivity index is 1.96. The Labute approximate surface area is 182 Å². The molecular formula is C23H29N3O4S. The summed E-state index contributed by atoms with van der Waals surface area (Å²) in [6.45, 7) is 7.48. The molecule has 2 heterocycles. The van der Waals surface area contributed by atoms with Gasteiger partial charge in [-0.3, -0.25) is 4.79 Å². The number of sulfone groups is 1. The Morgan fingerprint density at radius 3 is 2.52 bits per heavy atom. The van der Waals surface area contributed by atoms with Crippen LogP contribution in [0.5, 0.6) is 0 Å². The van der Waals surface area contributed by atoms with E-state index >= 15 is 0 Å². The number of hydrogen-bond donors (Lipinski definition) is 2. The number of rotatable bonds is 6. The van der Waals surface area contributed by atoms with Gasteiger partial charge >= 0.3 is 0 Å². The maximum Gasteiger partial charge on any atom is 0.271 e. The minimum Gasteiger partial charge on any atom is -0.378 e. The molecule has 0 unspecified atom stereocenters. The Kier molecular flexibility index (Phi) is 5.68. The van der Waals surface area contributed by atoms with Gasteiger partial charge in [-0.15, -0.1) is 0 Å². The van der Waals surface area contributed by atoms with Gasteiger partial charge in [-0.1, -0.05) is 18.0 Å². The first-order valence-electron chi connectivity index (χ1n) is 10.8. The molecule has 4 rings (SSSR count). The predicted molar refractivity (Wildman–Crippen MR) is 122 cm³/mol. The van der Waals surface area contributed by atoms with Gasteiger partial charge in [-0.2, -0.15) is 0 Å². The Hall–Kier alpha value is -2.61. The molecule has 2 aromatic heterocycles. The molecule has 0 amide bonds. The predicted octanol–water partition coefficient (Wildman–Crippen LogP) is 4.58. The molecule has 1 aromatic carbocycles. The smallest absolute Gasteiger partial charge is 0.271 e. The van der Waals surface area contributed by atoms with Crippen molar-refractivity contribution in [1.82, 2.24) is 10.1 Å². The fourth-order valence-corrected chi connectivity index (χ4v) is 6.51. The van der Waals surface area contributed by atoms with Crippen LogP contribution in [0, 0.1) is 19.8 Å². The number of nitrogens with zero attached hydrogens (tertiary/aromatic N) is 1. The summed E-state index contributed by atoms with van der Waals surface area (Å²) >= 11 is 0. The van der Waals surface area contributed by atoms with Gasteiger partial charge < -0.3 is 14.8 Å². The van der Waals surface area contributed by atoms with Crippen molar-refractivity contribution in [3.05, 3.63) is 40.0 Å². The molecule has 0 radical (unpaired) electrons. The van der Waals surface area contributed by atoms with Crippen molar-refractivity contribution in [2.45, 2.75) is 64.3 Å². The van der Waals surface area contributed by atoms with Gasteiger partial charge in [-0.05, 0) is 70.2 Å². The Morgan fingerprint density at radius 1 is 1.19 bits per heavy atom. The molecule has 1 aliphatic rings. The molecule has 1 saturated carbocycles. The summed E-state index contributed by atoms with van der Waals surface area (Å²) in [6.07, 6.45) is 4.04. The molecular weight excluding hydrogens is 414 g/mol. The van der Waals surface area contributed by atoms with Crippen LogP contribution in [0.4, 0.5) is 5.69 Å². The van der Waals surface area contributed by atoms with Crippen LogP contribution in [0.25, 0.3) is 22.0 Å². The lowest BCUT2D eigenvalue weighted by Crippen LogP contribution is -2.20. The van der Waals surface area contributed by atoms with Crippen LogP contribution in [0.1, 0.15) is 51.0 Å². The normalized spacial score (nSPS) is 15.3. The molecule has 7 nitrogen and oxygen atoms in total. The largest absolute Gasteiger partial charge is 0.378 e. The van der Waals surface area contributed by atoms with E-state index < -0.39 is 9.84 Å². The van der Waals surface area contributed by atoms with Crippen molar-refractivity contribution in [3.63, 3.8) is 0 Å². The molecule has 0 atom stereocenters. The number of fused-ring (bicyclic) bond motifs is 1. The molecule has 1 aliphatic carbocycles. The van der Waals surface area contributed by atoms with Crippen LogP contribution in [0.15, 0.2) is 32.4 Å². The fourth-order valence-electron chi connectivity index (χ4n) is 4.57. The van der Waals surface area contributed by atoms with E-state index in [-0.39, 0.29) is 28.2 Å². The van der Waals surface area contributed by atoms with Gasteiger partial charge in [-0.25, -0.2) is 8.42 Å². The van der Waals surface area contributed by atoms with Gasteiger partial charge in [0.25, 0.3) is 5.56 Å². The molecule has 0 aliphatic heterocycles. The Bertz CT molecular complexity index is 1260. The van der Waals surface area contributed by atoms with Gasteiger partial charge in [0.2, 0.25) is 0 Å². The molecule has 0 saturated heterocycles. The van der Waals surface area contributed by atoms with Gasteiger partial charge in [0, 0.05) is 17.0 Å². The van der Waals surface area contributed by atoms with Crippen LogP contribution < -0.4 is 10.9 Å². The third-order valence-corrected chi connectivity index (χ3v) is 7.87. The average Bonchev–Trinajstić information content (AvgIpc) is 3.30. The lowest BCUT2D eigenvalue weighted by Gasteiger charge is -2.16. The third kappa shape index (κ3) is 4.26. The van der Waals surface area contributed by atoms with Crippen molar-refractivity contribution in [2.75, 3.05) is 11.1 Å². The number of H-pyrrole nitrogens is 1. The van der Waals surface area contributed by atoms with Crippen LogP contribution >= 0.6 is 0 Å². The SMILES string of the molecule is Cc1noc(C)c1-c1cc(S(=O)(=O)CC2CCCC2)c2cc(NC(C)C)c(=O)[nH]c2c1. The number of aromatic amines is 1. The highest BCUT2D eigenvalue weighted by Gasteiger charge is 2.27. The second-order valence-corrected chi connectivity index (χ2v) is 10.9. The van der Waals surface area contributed by atoms with E-state index in [1.807, 2.05) is 20.8 Å². The minimum atomic E-state index is -3.57. The first kappa shape index (κ1) is 21.6. The van der Waals surface area contributed by atoms with E-state index in [4.69, 9.17) is 4.52 Å². The number of hydrogen-bond acceptors (Lipinski definition) is 6. The van der Waals surface area contributed by atoms with Crippen molar-refractivity contribution >= 4 is 26.4 Å². The summed E-state index contributed by atoms with van der Waals surface area (Å²) in [5.41, 5.74) is 2.68. The molecule has 0 spiro atoms. The second-order valence-electron chi connectivity index (χ2n) is 8.88. The highest BCUT2D eigenvalue weighted by atomic mass is 32.2. The molecule has 0 bridgehead atoms. The van der Waals surface area contributed by atoms with E-state index in [1.165, 1.54) is 0 Å². The van der Waals surface area contributed by atoms with E-state index in [0.29, 0.717) is 33.6 Å². The summed E-state index contributed by atoms with van der Waals surface area (Å²) < 4.78 is 32.4. The zero-order valence-corrected chi connectivity index (χ0v) is 19.2. The van der Waals surface area contributed by atoms with Gasteiger partial charge in [0.1, 0.15) is 11.4 Å². The zero-order chi connectivity index (χ0) is 22.3. The third-order valence-electron chi connectivity index (χ3n) is 5.95. The lowest BCUT2D eigenvalue weighted by atomic mass is 10.0. The van der Waals surface area contributed by atoms with E-state index in [0.717, 1.165) is 31.2 Å². The Morgan fingerprint density at radius 2 is 1.90 bits per heavy atom. The maximum absolute atomic E-state index is 13.6. The van der Waals surface area contributed by atoms with E-state index in [9.17, 15) is 13.2 Å². The van der Waals surface area contributed by atoms with Crippen molar-refractivity contribution < 1.29 is 12.9 Å². The number of pyridine rings is 1. The van der Waals surface area contributed by atoms with Crippen LogP contribution in [0.3, 0.4) is 0 Å². The quantitative estimate of drug-likeness (QED) is 0.578. The summed E-state index contributed by atoms with van der Waals surface area (Å²) in [5.74, 6) is 0.911. The van der Waals surface area contributed by atoms with Crippen molar-refractivity contribution in [1.29, 1.82) is 0 Å². The first-order valence-corrected chi connectivity index (χ1v) is 12.4. The summed E-state index contributed by atoms with van der Waals surface area (Å²) in [4.78, 5) is 15.8. The first-order chi connectivity index (χ1) is 14.7. The molecule has 3 aromatic rings. The minimum absolute atomic E-state index is 0.0404. The highest BCUT2D eigenvalue weighted by molar-refractivity contribution is 7.91. The molecule has 31 heavy (non-hydrogen) atoms. The summed E-state index contributed by atoms with van der Waals surface area (Å²) in [6, 6.07) is 5.21. The van der Waals surface area contributed by atoms with Crippen LogP contribution in [-0.2, 0) is 9.84 Å². The lowest BCUT2D eigenvalue weighted by molar-refractivity contribution is 0.393.